The summed E-state index contributed by atoms with van der Waals surface area (Å²) in [5.74, 6) is -0.181. The Labute approximate surface area is 151 Å². The Balaban J connectivity index is 1.64. The molecule has 2 N–H and O–H groups in total. The average Bonchev–Trinajstić information content (AvgIpc) is 3.18. The summed E-state index contributed by atoms with van der Waals surface area (Å²) in [7, 11) is 0. The standard InChI is InChI=1S/C21H18N4O/c26-21(19-13-7-10-17-14-22-23-20(17)19)24-25(18-11-5-2-6-12-18)15-16-8-3-1-4-9-16/h1-14H,15H2,(H,22,23)(H,24,26). The van der Waals surface area contributed by atoms with Crippen LogP contribution >= 0.6 is 0 Å². The number of hydrazine groups is 1. The molecule has 26 heavy (non-hydrogen) atoms. The number of nitrogens with one attached hydrogen (secondary N) is 2. The number of carbonyl (C=O) groups is 1. The van der Waals surface area contributed by atoms with E-state index in [1.807, 2.05) is 77.8 Å². The number of H-pyrrole nitrogens is 1. The molecule has 5 heteroatoms. The molecule has 0 bridgehead atoms. The van der Waals surface area contributed by atoms with Gasteiger partial charge in [0.05, 0.1) is 29.5 Å². The van der Waals surface area contributed by atoms with E-state index in [1.165, 1.54) is 0 Å². The number of anilines is 1. The molecule has 0 unspecified atom stereocenters. The second-order valence-corrected chi connectivity index (χ2v) is 5.99. The van der Waals surface area contributed by atoms with Gasteiger partial charge in [0.25, 0.3) is 5.91 Å². The van der Waals surface area contributed by atoms with Gasteiger partial charge in [0.2, 0.25) is 0 Å². The molecule has 0 atom stereocenters. The molecule has 5 nitrogen and oxygen atoms in total. The first-order valence-electron chi connectivity index (χ1n) is 8.41. The first-order valence-corrected chi connectivity index (χ1v) is 8.41. The van der Waals surface area contributed by atoms with Gasteiger partial charge in [0.1, 0.15) is 0 Å². The van der Waals surface area contributed by atoms with Crippen LogP contribution in [-0.2, 0) is 6.54 Å². The first kappa shape index (κ1) is 15.9. The molecule has 1 heterocycles. The molecule has 0 saturated carbocycles. The summed E-state index contributed by atoms with van der Waals surface area (Å²) in [5, 5.41) is 9.70. The number of para-hydroxylation sites is 2. The highest BCUT2D eigenvalue weighted by Gasteiger charge is 2.15. The van der Waals surface area contributed by atoms with E-state index in [2.05, 4.69) is 15.6 Å². The summed E-state index contributed by atoms with van der Waals surface area (Å²) in [6.07, 6.45) is 1.71. The maximum Gasteiger partial charge on any atom is 0.271 e. The SMILES string of the molecule is O=C(NN(Cc1ccccc1)c1ccccc1)c1cccc2cn[nH]c12. The van der Waals surface area contributed by atoms with E-state index in [4.69, 9.17) is 0 Å². The minimum Gasteiger partial charge on any atom is -0.281 e. The van der Waals surface area contributed by atoms with Crippen molar-refractivity contribution in [2.24, 2.45) is 0 Å². The zero-order valence-corrected chi connectivity index (χ0v) is 14.1. The molecule has 0 aliphatic carbocycles. The number of rotatable bonds is 5. The number of nitrogens with zero attached hydrogens (tertiary/aromatic N) is 2. The summed E-state index contributed by atoms with van der Waals surface area (Å²) in [6, 6.07) is 25.4. The van der Waals surface area contributed by atoms with Gasteiger partial charge in [0, 0.05) is 5.39 Å². The van der Waals surface area contributed by atoms with Crippen LogP contribution in [0.5, 0.6) is 0 Å². The van der Waals surface area contributed by atoms with Crippen molar-refractivity contribution in [2.45, 2.75) is 6.54 Å². The third-order valence-corrected chi connectivity index (χ3v) is 4.21. The van der Waals surface area contributed by atoms with Crippen LogP contribution in [0.25, 0.3) is 10.9 Å². The smallest absolute Gasteiger partial charge is 0.271 e. The summed E-state index contributed by atoms with van der Waals surface area (Å²) < 4.78 is 0. The van der Waals surface area contributed by atoms with Crippen molar-refractivity contribution >= 4 is 22.5 Å². The van der Waals surface area contributed by atoms with E-state index >= 15 is 0 Å². The molecule has 3 aromatic carbocycles. The van der Waals surface area contributed by atoms with E-state index in [0.717, 1.165) is 22.2 Å². The van der Waals surface area contributed by atoms with Gasteiger partial charge in [-0.15, -0.1) is 0 Å². The molecule has 0 aliphatic rings. The summed E-state index contributed by atoms with van der Waals surface area (Å²) in [5.41, 5.74) is 6.35. The van der Waals surface area contributed by atoms with Crippen molar-refractivity contribution in [3.63, 3.8) is 0 Å². The average molecular weight is 342 g/mol. The van der Waals surface area contributed by atoms with Crippen molar-refractivity contribution < 1.29 is 4.79 Å². The number of aromatic nitrogens is 2. The first-order chi connectivity index (χ1) is 12.8. The molecule has 0 radical (unpaired) electrons. The van der Waals surface area contributed by atoms with Gasteiger partial charge >= 0.3 is 0 Å². The lowest BCUT2D eigenvalue weighted by atomic mass is 10.1. The minimum absolute atomic E-state index is 0.181. The number of carbonyl (C=O) groups excluding carboxylic acids is 1. The zero-order valence-electron chi connectivity index (χ0n) is 14.1. The van der Waals surface area contributed by atoms with E-state index in [-0.39, 0.29) is 5.91 Å². The highest BCUT2D eigenvalue weighted by molar-refractivity contribution is 6.05. The lowest BCUT2D eigenvalue weighted by Gasteiger charge is -2.25. The number of amides is 1. The highest BCUT2D eigenvalue weighted by atomic mass is 16.2. The molecule has 1 amide bonds. The fourth-order valence-corrected chi connectivity index (χ4v) is 2.91. The van der Waals surface area contributed by atoms with Crippen molar-refractivity contribution in [3.8, 4) is 0 Å². The maximum atomic E-state index is 12.9. The Bertz CT molecular complexity index is 1010. The Hall–Kier alpha value is -3.60. The van der Waals surface area contributed by atoms with Crippen LogP contribution in [0.1, 0.15) is 15.9 Å². The number of hydrogen-bond donors (Lipinski definition) is 2. The molecule has 0 fully saturated rings. The van der Waals surface area contributed by atoms with E-state index in [0.29, 0.717) is 12.1 Å². The van der Waals surface area contributed by atoms with E-state index in [9.17, 15) is 4.79 Å². The Kier molecular flexibility index (Phi) is 4.35. The Morgan fingerprint density at radius 1 is 0.923 bits per heavy atom. The van der Waals surface area contributed by atoms with Crippen LogP contribution in [0.15, 0.2) is 85.1 Å². The topological polar surface area (TPSA) is 61.0 Å². The van der Waals surface area contributed by atoms with Gasteiger partial charge < -0.3 is 0 Å². The van der Waals surface area contributed by atoms with Crippen molar-refractivity contribution in [1.29, 1.82) is 0 Å². The highest BCUT2D eigenvalue weighted by Crippen LogP contribution is 2.18. The third-order valence-electron chi connectivity index (χ3n) is 4.21. The number of fused-ring (bicyclic) bond motifs is 1. The molecular weight excluding hydrogens is 324 g/mol. The minimum atomic E-state index is -0.181. The second-order valence-electron chi connectivity index (χ2n) is 5.99. The Morgan fingerprint density at radius 2 is 1.65 bits per heavy atom. The van der Waals surface area contributed by atoms with Crippen molar-refractivity contribution in [1.82, 2.24) is 15.6 Å². The van der Waals surface area contributed by atoms with Gasteiger partial charge in [-0.1, -0.05) is 60.7 Å². The molecular formula is C21H18N4O. The normalized spacial score (nSPS) is 10.6. The third kappa shape index (κ3) is 3.28. The molecule has 4 rings (SSSR count). The lowest BCUT2D eigenvalue weighted by Crippen LogP contribution is -2.42. The van der Waals surface area contributed by atoms with Crippen molar-refractivity contribution in [2.75, 3.05) is 5.01 Å². The molecule has 1 aromatic heterocycles. The van der Waals surface area contributed by atoms with Crippen LogP contribution < -0.4 is 10.4 Å². The van der Waals surface area contributed by atoms with E-state index in [1.54, 1.807) is 12.3 Å². The fourth-order valence-electron chi connectivity index (χ4n) is 2.91. The van der Waals surface area contributed by atoms with Gasteiger partial charge in [-0.05, 0) is 23.8 Å². The predicted molar refractivity (Wildman–Crippen MR) is 103 cm³/mol. The summed E-state index contributed by atoms with van der Waals surface area (Å²) >= 11 is 0. The van der Waals surface area contributed by atoms with Gasteiger partial charge in [0.15, 0.2) is 0 Å². The quantitative estimate of drug-likeness (QED) is 0.541. The summed E-state index contributed by atoms with van der Waals surface area (Å²) in [6.45, 7) is 0.565. The van der Waals surface area contributed by atoms with Gasteiger partial charge in [-0.3, -0.25) is 20.3 Å². The van der Waals surface area contributed by atoms with Crippen LogP contribution in [-0.4, -0.2) is 16.1 Å². The predicted octanol–water partition coefficient (Wildman–Crippen LogP) is 3.91. The van der Waals surface area contributed by atoms with Crippen LogP contribution in [0.3, 0.4) is 0 Å². The summed E-state index contributed by atoms with van der Waals surface area (Å²) in [4.78, 5) is 12.9. The van der Waals surface area contributed by atoms with Crippen LogP contribution in [0.2, 0.25) is 0 Å². The number of hydrogen-bond acceptors (Lipinski definition) is 3. The molecule has 0 spiro atoms. The largest absolute Gasteiger partial charge is 0.281 e. The second kappa shape index (κ2) is 7.11. The monoisotopic (exact) mass is 342 g/mol. The molecule has 4 aromatic rings. The molecule has 0 saturated heterocycles. The lowest BCUT2D eigenvalue weighted by molar-refractivity contribution is 0.0949. The van der Waals surface area contributed by atoms with Crippen LogP contribution in [0.4, 0.5) is 5.69 Å². The maximum absolute atomic E-state index is 12.9. The van der Waals surface area contributed by atoms with E-state index < -0.39 is 0 Å². The zero-order chi connectivity index (χ0) is 17.8. The van der Waals surface area contributed by atoms with Crippen LogP contribution in [0, 0.1) is 0 Å². The fraction of sp³-hybridized carbons (Fsp3) is 0.0476. The Morgan fingerprint density at radius 3 is 2.42 bits per heavy atom. The number of aromatic amines is 1. The number of benzene rings is 3. The molecule has 128 valence electrons. The van der Waals surface area contributed by atoms with Gasteiger partial charge in [-0.2, -0.15) is 5.10 Å². The molecule has 0 aliphatic heterocycles. The van der Waals surface area contributed by atoms with Gasteiger partial charge in [-0.25, -0.2) is 0 Å². The van der Waals surface area contributed by atoms with Crippen molar-refractivity contribution in [3.05, 3.63) is 96.2 Å².